The van der Waals surface area contributed by atoms with Crippen molar-refractivity contribution in [2.24, 2.45) is 0 Å². The van der Waals surface area contributed by atoms with Crippen LogP contribution >= 0.6 is 12.4 Å². The second-order valence-corrected chi connectivity index (χ2v) is 5.50. The number of para-hydroxylation sites is 1. The average molecular weight is 333 g/mol. The Morgan fingerprint density at radius 3 is 2.39 bits per heavy atom. The van der Waals surface area contributed by atoms with Gasteiger partial charge in [-0.1, -0.05) is 62.4 Å². The summed E-state index contributed by atoms with van der Waals surface area (Å²) in [5.74, 6) is 0.266. The molecule has 1 unspecified atom stereocenters. The third kappa shape index (κ3) is 6.05. The Bertz CT molecular complexity index is 601. The van der Waals surface area contributed by atoms with Crippen LogP contribution in [0.4, 0.5) is 5.69 Å². The van der Waals surface area contributed by atoms with Crippen LogP contribution in [-0.2, 0) is 11.3 Å². The summed E-state index contributed by atoms with van der Waals surface area (Å²) in [6.07, 6.45) is 0.486. The Kier molecular flexibility index (Phi) is 8.38. The average Bonchev–Trinajstić information content (AvgIpc) is 2.54. The lowest BCUT2D eigenvalue weighted by molar-refractivity contribution is -0.116. The molecular formula is C19H25ClN2O. The van der Waals surface area contributed by atoms with Gasteiger partial charge in [-0.15, -0.1) is 12.4 Å². The standard InChI is InChI=1S/C19H24N2O.ClH/c1-3-20-14-17-11-7-8-12-18(17)21-19(22)13-15(2)16-9-5-4-6-10-16;/h4-12,15,20H,3,13-14H2,1-2H3,(H,21,22);1H. The van der Waals surface area contributed by atoms with E-state index in [9.17, 15) is 4.79 Å². The molecule has 4 heteroatoms. The highest BCUT2D eigenvalue weighted by Crippen LogP contribution is 2.20. The SMILES string of the molecule is CCNCc1ccccc1NC(=O)CC(C)c1ccccc1.Cl. The van der Waals surface area contributed by atoms with E-state index < -0.39 is 0 Å². The fraction of sp³-hybridized carbons (Fsp3) is 0.316. The van der Waals surface area contributed by atoms with Crippen molar-refractivity contribution in [1.82, 2.24) is 5.32 Å². The van der Waals surface area contributed by atoms with Crippen molar-refractivity contribution in [3.05, 3.63) is 65.7 Å². The minimum atomic E-state index is 0. The van der Waals surface area contributed by atoms with E-state index >= 15 is 0 Å². The predicted molar refractivity (Wildman–Crippen MR) is 99.2 cm³/mol. The lowest BCUT2D eigenvalue weighted by atomic mass is 9.97. The molecule has 1 atom stereocenters. The highest BCUT2D eigenvalue weighted by molar-refractivity contribution is 5.92. The molecule has 2 N–H and O–H groups in total. The van der Waals surface area contributed by atoms with E-state index in [0.29, 0.717) is 6.42 Å². The van der Waals surface area contributed by atoms with Crippen molar-refractivity contribution in [3.63, 3.8) is 0 Å². The highest BCUT2D eigenvalue weighted by atomic mass is 35.5. The number of nitrogens with one attached hydrogen (secondary N) is 2. The van der Waals surface area contributed by atoms with Crippen LogP contribution in [0.15, 0.2) is 54.6 Å². The van der Waals surface area contributed by atoms with Crippen molar-refractivity contribution in [3.8, 4) is 0 Å². The lowest BCUT2D eigenvalue weighted by Gasteiger charge is -2.14. The number of hydrogen-bond acceptors (Lipinski definition) is 2. The monoisotopic (exact) mass is 332 g/mol. The van der Waals surface area contributed by atoms with Gasteiger partial charge in [-0.2, -0.15) is 0 Å². The summed E-state index contributed by atoms with van der Waals surface area (Å²) in [7, 11) is 0. The van der Waals surface area contributed by atoms with Gasteiger partial charge < -0.3 is 10.6 Å². The Morgan fingerprint density at radius 1 is 1.04 bits per heavy atom. The van der Waals surface area contributed by atoms with Gasteiger partial charge in [0.15, 0.2) is 0 Å². The number of anilines is 1. The summed E-state index contributed by atoms with van der Waals surface area (Å²) in [5, 5.41) is 6.33. The molecule has 0 aliphatic carbocycles. The van der Waals surface area contributed by atoms with Crippen LogP contribution in [0.3, 0.4) is 0 Å². The first-order chi connectivity index (χ1) is 10.7. The van der Waals surface area contributed by atoms with Crippen LogP contribution in [0.2, 0.25) is 0 Å². The number of carbonyl (C=O) groups excluding carboxylic acids is 1. The summed E-state index contributed by atoms with van der Waals surface area (Å²) >= 11 is 0. The number of amides is 1. The number of rotatable bonds is 7. The summed E-state index contributed by atoms with van der Waals surface area (Å²) in [6.45, 7) is 5.83. The summed E-state index contributed by atoms with van der Waals surface area (Å²) in [6, 6.07) is 18.1. The van der Waals surface area contributed by atoms with Gasteiger partial charge in [0.25, 0.3) is 0 Å². The minimum absolute atomic E-state index is 0. The Morgan fingerprint density at radius 2 is 1.70 bits per heavy atom. The molecule has 0 aliphatic rings. The topological polar surface area (TPSA) is 41.1 Å². The molecule has 2 aromatic carbocycles. The molecule has 0 aromatic heterocycles. The first kappa shape index (κ1) is 19.2. The molecule has 0 spiro atoms. The van der Waals surface area contributed by atoms with E-state index in [1.54, 1.807) is 0 Å². The van der Waals surface area contributed by atoms with Crippen molar-refractivity contribution in [2.75, 3.05) is 11.9 Å². The molecule has 0 bridgehead atoms. The summed E-state index contributed by atoms with van der Waals surface area (Å²) in [4.78, 5) is 12.3. The smallest absolute Gasteiger partial charge is 0.224 e. The lowest BCUT2D eigenvalue weighted by Crippen LogP contribution is -2.18. The van der Waals surface area contributed by atoms with E-state index in [4.69, 9.17) is 0 Å². The van der Waals surface area contributed by atoms with E-state index in [1.165, 1.54) is 5.56 Å². The molecule has 0 saturated heterocycles. The van der Waals surface area contributed by atoms with Gasteiger partial charge in [0.2, 0.25) is 5.91 Å². The van der Waals surface area contributed by atoms with Crippen LogP contribution in [-0.4, -0.2) is 12.5 Å². The first-order valence-corrected chi connectivity index (χ1v) is 7.84. The molecule has 2 rings (SSSR count). The molecule has 3 nitrogen and oxygen atoms in total. The summed E-state index contributed by atoms with van der Waals surface area (Å²) < 4.78 is 0. The van der Waals surface area contributed by atoms with E-state index in [2.05, 4.69) is 36.6 Å². The Balaban J connectivity index is 0.00000264. The van der Waals surface area contributed by atoms with Crippen molar-refractivity contribution in [2.45, 2.75) is 32.7 Å². The van der Waals surface area contributed by atoms with E-state index in [1.807, 2.05) is 42.5 Å². The fourth-order valence-corrected chi connectivity index (χ4v) is 2.43. The second kappa shape index (κ2) is 10.0. The molecular weight excluding hydrogens is 308 g/mol. The fourth-order valence-electron chi connectivity index (χ4n) is 2.43. The van der Waals surface area contributed by atoms with Gasteiger partial charge in [-0.3, -0.25) is 4.79 Å². The van der Waals surface area contributed by atoms with E-state index in [0.717, 1.165) is 24.3 Å². The molecule has 124 valence electrons. The van der Waals surface area contributed by atoms with Crippen LogP contribution in [0.1, 0.15) is 37.3 Å². The summed E-state index contributed by atoms with van der Waals surface area (Å²) in [5.41, 5.74) is 3.21. The van der Waals surface area contributed by atoms with Gasteiger partial charge in [0.1, 0.15) is 0 Å². The molecule has 2 aromatic rings. The van der Waals surface area contributed by atoms with Crippen LogP contribution < -0.4 is 10.6 Å². The van der Waals surface area contributed by atoms with Gasteiger partial charge in [-0.25, -0.2) is 0 Å². The molecule has 0 saturated carbocycles. The number of carbonyl (C=O) groups is 1. The van der Waals surface area contributed by atoms with Gasteiger partial charge in [0.05, 0.1) is 0 Å². The van der Waals surface area contributed by atoms with Crippen LogP contribution in [0, 0.1) is 0 Å². The van der Waals surface area contributed by atoms with Gasteiger partial charge >= 0.3 is 0 Å². The van der Waals surface area contributed by atoms with Crippen molar-refractivity contribution >= 4 is 24.0 Å². The minimum Gasteiger partial charge on any atom is -0.326 e. The molecule has 0 radical (unpaired) electrons. The first-order valence-electron chi connectivity index (χ1n) is 7.84. The van der Waals surface area contributed by atoms with Gasteiger partial charge in [0, 0.05) is 18.7 Å². The third-order valence-electron chi connectivity index (χ3n) is 3.72. The largest absolute Gasteiger partial charge is 0.326 e. The number of benzene rings is 2. The molecule has 23 heavy (non-hydrogen) atoms. The Hall–Kier alpha value is -1.84. The maximum Gasteiger partial charge on any atom is 0.224 e. The van der Waals surface area contributed by atoms with Crippen LogP contribution in [0.5, 0.6) is 0 Å². The Labute approximate surface area is 144 Å². The highest BCUT2D eigenvalue weighted by Gasteiger charge is 2.12. The molecule has 0 heterocycles. The van der Waals surface area contributed by atoms with Crippen molar-refractivity contribution in [1.29, 1.82) is 0 Å². The zero-order chi connectivity index (χ0) is 15.8. The molecule has 0 fully saturated rings. The zero-order valence-electron chi connectivity index (χ0n) is 13.7. The third-order valence-corrected chi connectivity index (χ3v) is 3.72. The molecule has 0 aliphatic heterocycles. The quantitative estimate of drug-likeness (QED) is 0.791. The van der Waals surface area contributed by atoms with Gasteiger partial charge in [-0.05, 0) is 29.7 Å². The normalized spacial score (nSPS) is 11.4. The van der Waals surface area contributed by atoms with Crippen LogP contribution in [0.25, 0.3) is 0 Å². The maximum atomic E-state index is 12.3. The maximum absolute atomic E-state index is 12.3. The van der Waals surface area contributed by atoms with E-state index in [-0.39, 0.29) is 24.2 Å². The predicted octanol–water partition coefficient (Wildman–Crippen LogP) is 4.35. The number of hydrogen-bond donors (Lipinski definition) is 2. The molecule has 1 amide bonds. The number of halogens is 1. The van der Waals surface area contributed by atoms with Crippen molar-refractivity contribution < 1.29 is 4.79 Å². The second-order valence-electron chi connectivity index (χ2n) is 5.50. The zero-order valence-corrected chi connectivity index (χ0v) is 14.5.